The zero-order valence-electron chi connectivity index (χ0n) is 11.8. The minimum Gasteiger partial charge on any atom is -0.497 e. The van der Waals surface area contributed by atoms with E-state index in [0.717, 1.165) is 27.4 Å². The van der Waals surface area contributed by atoms with Crippen LogP contribution >= 0.6 is 27.3 Å². The second-order valence-corrected chi connectivity index (χ2v) is 6.74. The van der Waals surface area contributed by atoms with Gasteiger partial charge in [0.2, 0.25) is 0 Å². The van der Waals surface area contributed by atoms with Crippen LogP contribution in [-0.4, -0.2) is 20.8 Å². The summed E-state index contributed by atoms with van der Waals surface area (Å²) in [5.41, 5.74) is 1.09. The molecule has 1 unspecified atom stereocenters. The molecule has 0 aliphatic heterocycles. The van der Waals surface area contributed by atoms with Gasteiger partial charge >= 0.3 is 0 Å². The van der Waals surface area contributed by atoms with Crippen LogP contribution in [-0.2, 0) is 0 Å². The first-order valence-electron chi connectivity index (χ1n) is 6.40. The SMILES string of the molecule is CCNC(c1ccc(Br)s1)c1cc(OC)ccc1OC. The summed E-state index contributed by atoms with van der Waals surface area (Å²) in [6, 6.07) is 10.2. The van der Waals surface area contributed by atoms with Crippen molar-refractivity contribution < 1.29 is 9.47 Å². The lowest BCUT2D eigenvalue weighted by Gasteiger charge is -2.20. The number of benzene rings is 1. The maximum atomic E-state index is 5.50. The lowest BCUT2D eigenvalue weighted by Crippen LogP contribution is -2.21. The van der Waals surface area contributed by atoms with Gasteiger partial charge in [-0.3, -0.25) is 0 Å². The molecule has 1 N–H and O–H groups in total. The summed E-state index contributed by atoms with van der Waals surface area (Å²) in [6.07, 6.45) is 0. The first-order valence-corrected chi connectivity index (χ1v) is 8.01. The number of halogens is 1. The van der Waals surface area contributed by atoms with Gasteiger partial charge in [0.15, 0.2) is 0 Å². The van der Waals surface area contributed by atoms with Crippen molar-refractivity contribution in [2.45, 2.75) is 13.0 Å². The molecule has 1 aromatic heterocycles. The van der Waals surface area contributed by atoms with Crippen LogP contribution in [0.15, 0.2) is 34.1 Å². The second kappa shape index (κ2) is 7.11. The molecule has 0 spiro atoms. The fourth-order valence-electron chi connectivity index (χ4n) is 2.12. The molecule has 20 heavy (non-hydrogen) atoms. The van der Waals surface area contributed by atoms with Crippen molar-refractivity contribution in [2.24, 2.45) is 0 Å². The Balaban J connectivity index is 2.47. The summed E-state index contributed by atoms with van der Waals surface area (Å²) in [4.78, 5) is 1.24. The molecule has 0 aliphatic rings. The van der Waals surface area contributed by atoms with Crippen molar-refractivity contribution in [3.05, 3.63) is 44.6 Å². The zero-order chi connectivity index (χ0) is 14.5. The average Bonchev–Trinajstić information content (AvgIpc) is 2.90. The van der Waals surface area contributed by atoms with E-state index in [1.807, 2.05) is 18.2 Å². The third-order valence-corrected chi connectivity index (χ3v) is 4.72. The van der Waals surface area contributed by atoms with E-state index in [-0.39, 0.29) is 6.04 Å². The van der Waals surface area contributed by atoms with Crippen molar-refractivity contribution in [3.8, 4) is 11.5 Å². The minimum absolute atomic E-state index is 0.0985. The predicted molar refractivity (Wildman–Crippen MR) is 87.1 cm³/mol. The van der Waals surface area contributed by atoms with Crippen molar-refractivity contribution >= 4 is 27.3 Å². The van der Waals surface area contributed by atoms with E-state index in [2.05, 4.69) is 40.3 Å². The monoisotopic (exact) mass is 355 g/mol. The minimum atomic E-state index is 0.0985. The van der Waals surface area contributed by atoms with Crippen LogP contribution in [0.4, 0.5) is 0 Å². The molecular formula is C15H18BrNO2S. The molecule has 1 aromatic carbocycles. The van der Waals surface area contributed by atoms with Gasteiger partial charge in [0.05, 0.1) is 24.0 Å². The molecular weight excluding hydrogens is 338 g/mol. The normalized spacial score (nSPS) is 12.2. The molecule has 1 heterocycles. The van der Waals surface area contributed by atoms with Gasteiger partial charge in [-0.1, -0.05) is 6.92 Å². The Labute approximate surface area is 132 Å². The van der Waals surface area contributed by atoms with Gasteiger partial charge in [-0.2, -0.15) is 0 Å². The van der Waals surface area contributed by atoms with Gasteiger partial charge in [-0.25, -0.2) is 0 Å². The first-order chi connectivity index (χ1) is 9.69. The maximum Gasteiger partial charge on any atom is 0.124 e. The Hall–Kier alpha value is -1.04. The van der Waals surface area contributed by atoms with Gasteiger partial charge in [0.25, 0.3) is 0 Å². The van der Waals surface area contributed by atoms with Crippen molar-refractivity contribution in [2.75, 3.05) is 20.8 Å². The number of ether oxygens (including phenoxy) is 2. The molecule has 0 bridgehead atoms. The topological polar surface area (TPSA) is 30.5 Å². The summed E-state index contributed by atoms with van der Waals surface area (Å²) in [6.45, 7) is 2.98. The lowest BCUT2D eigenvalue weighted by molar-refractivity contribution is 0.394. The van der Waals surface area contributed by atoms with Crippen molar-refractivity contribution in [3.63, 3.8) is 0 Å². The highest BCUT2D eigenvalue weighted by atomic mass is 79.9. The first kappa shape index (κ1) is 15.4. The molecule has 5 heteroatoms. The highest BCUT2D eigenvalue weighted by Gasteiger charge is 2.20. The van der Waals surface area contributed by atoms with Crippen LogP contribution in [0.2, 0.25) is 0 Å². The summed E-state index contributed by atoms with van der Waals surface area (Å²) in [5.74, 6) is 1.69. The van der Waals surface area contributed by atoms with E-state index in [0.29, 0.717) is 0 Å². The van der Waals surface area contributed by atoms with E-state index in [9.17, 15) is 0 Å². The molecule has 0 fully saturated rings. The highest BCUT2D eigenvalue weighted by Crippen LogP contribution is 2.37. The molecule has 1 atom stereocenters. The van der Waals surface area contributed by atoms with E-state index < -0.39 is 0 Å². The third kappa shape index (κ3) is 3.34. The van der Waals surface area contributed by atoms with Gasteiger partial charge in [0.1, 0.15) is 11.5 Å². The van der Waals surface area contributed by atoms with Gasteiger partial charge in [-0.05, 0) is 52.8 Å². The highest BCUT2D eigenvalue weighted by molar-refractivity contribution is 9.11. The standard InChI is InChI=1S/C15H18BrNO2S/c1-4-17-15(13-7-8-14(16)20-13)11-9-10(18-2)5-6-12(11)19-3/h5-9,15,17H,4H2,1-3H3. The Kier molecular flexibility index (Phi) is 5.46. The van der Waals surface area contributed by atoms with E-state index in [4.69, 9.17) is 9.47 Å². The number of methoxy groups -OCH3 is 2. The summed E-state index contributed by atoms with van der Waals surface area (Å²) < 4.78 is 12.0. The summed E-state index contributed by atoms with van der Waals surface area (Å²) >= 11 is 5.24. The number of hydrogen-bond donors (Lipinski definition) is 1. The molecule has 3 nitrogen and oxygen atoms in total. The Bertz CT molecular complexity index is 571. The van der Waals surface area contributed by atoms with Crippen LogP contribution in [0.25, 0.3) is 0 Å². The fourth-order valence-corrected chi connectivity index (χ4v) is 3.63. The molecule has 108 valence electrons. The van der Waals surface area contributed by atoms with Crippen LogP contribution in [0.3, 0.4) is 0 Å². The number of thiophene rings is 1. The molecule has 0 amide bonds. The number of nitrogens with one attached hydrogen (secondary N) is 1. The number of hydrogen-bond acceptors (Lipinski definition) is 4. The fraction of sp³-hybridized carbons (Fsp3) is 0.333. The van der Waals surface area contributed by atoms with Gasteiger partial charge in [0, 0.05) is 10.4 Å². The largest absolute Gasteiger partial charge is 0.497 e. The summed E-state index contributed by atoms with van der Waals surface area (Å²) in [5, 5.41) is 3.51. The van der Waals surface area contributed by atoms with Gasteiger partial charge in [-0.15, -0.1) is 11.3 Å². The van der Waals surface area contributed by atoms with E-state index in [1.165, 1.54) is 4.88 Å². The maximum absolute atomic E-state index is 5.50. The van der Waals surface area contributed by atoms with Crippen LogP contribution in [0, 0.1) is 0 Å². The smallest absolute Gasteiger partial charge is 0.124 e. The van der Waals surface area contributed by atoms with Crippen LogP contribution < -0.4 is 14.8 Å². The predicted octanol–water partition coefficient (Wildman–Crippen LogP) is 4.23. The molecule has 0 saturated carbocycles. The Morgan fingerprint density at radius 2 is 2.00 bits per heavy atom. The van der Waals surface area contributed by atoms with Crippen LogP contribution in [0.5, 0.6) is 11.5 Å². The van der Waals surface area contributed by atoms with Crippen LogP contribution in [0.1, 0.15) is 23.4 Å². The lowest BCUT2D eigenvalue weighted by atomic mass is 10.0. The average molecular weight is 356 g/mol. The van der Waals surface area contributed by atoms with Crippen molar-refractivity contribution in [1.82, 2.24) is 5.32 Å². The third-order valence-electron chi connectivity index (χ3n) is 3.03. The zero-order valence-corrected chi connectivity index (χ0v) is 14.2. The second-order valence-electron chi connectivity index (χ2n) is 4.24. The van der Waals surface area contributed by atoms with Crippen molar-refractivity contribution in [1.29, 1.82) is 0 Å². The summed E-state index contributed by atoms with van der Waals surface area (Å²) in [7, 11) is 3.37. The van der Waals surface area contributed by atoms with Gasteiger partial charge < -0.3 is 14.8 Å². The van der Waals surface area contributed by atoms with E-state index in [1.54, 1.807) is 25.6 Å². The Morgan fingerprint density at radius 1 is 1.20 bits per heavy atom. The quantitative estimate of drug-likeness (QED) is 0.840. The Morgan fingerprint density at radius 3 is 2.55 bits per heavy atom. The van der Waals surface area contributed by atoms with E-state index >= 15 is 0 Å². The molecule has 0 saturated heterocycles. The molecule has 0 radical (unpaired) electrons. The molecule has 0 aliphatic carbocycles. The molecule has 2 rings (SSSR count). The number of rotatable bonds is 6. The molecule has 2 aromatic rings.